The van der Waals surface area contributed by atoms with Crippen molar-refractivity contribution in [1.82, 2.24) is 25.2 Å². The minimum absolute atomic E-state index is 0.0664. The fourth-order valence-electron chi connectivity index (χ4n) is 7.22. The molecule has 1 aliphatic heterocycles. The van der Waals surface area contributed by atoms with Crippen molar-refractivity contribution in [2.24, 2.45) is 5.92 Å². The summed E-state index contributed by atoms with van der Waals surface area (Å²) in [6.45, 7) is 14.7. The second-order valence-electron chi connectivity index (χ2n) is 16.7. The van der Waals surface area contributed by atoms with E-state index in [-0.39, 0.29) is 19.4 Å². The topological polar surface area (TPSA) is 209 Å². The van der Waals surface area contributed by atoms with Crippen LogP contribution in [0.5, 0.6) is 11.5 Å². The molecule has 3 N–H and O–H groups in total. The summed E-state index contributed by atoms with van der Waals surface area (Å²) in [6.07, 6.45) is 1.29. The highest BCUT2D eigenvalue weighted by Gasteiger charge is 2.62. The fraction of sp³-hybridized carbons (Fsp3) is 0.442. The molecule has 2 aliphatic carbocycles. The molecule has 17 heteroatoms. The summed E-state index contributed by atoms with van der Waals surface area (Å²) < 4.78 is 51.0. The van der Waals surface area contributed by atoms with Crippen LogP contribution < -0.4 is 24.8 Å². The molecule has 0 radical (unpaired) electrons. The van der Waals surface area contributed by atoms with Crippen molar-refractivity contribution in [3.63, 3.8) is 0 Å². The number of carbonyl (C=O) groups is 5. The van der Waals surface area contributed by atoms with E-state index in [4.69, 9.17) is 23.9 Å². The van der Waals surface area contributed by atoms with E-state index in [0.717, 1.165) is 11.6 Å². The van der Waals surface area contributed by atoms with E-state index < -0.39 is 85.9 Å². The van der Waals surface area contributed by atoms with Gasteiger partial charge >= 0.3 is 12.1 Å². The van der Waals surface area contributed by atoms with Crippen molar-refractivity contribution in [2.75, 3.05) is 13.7 Å². The van der Waals surface area contributed by atoms with Crippen LogP contribution in [-0.2, 0) is 38.7 Å². The summed E-state index contributed by atoms with van der Waals surface area (Å²) in [5.74, 6) is -3.08. The highest BCUT2D eigenvalue weighted by atomic mass is 32.2. The Balaban J connectivity index is 1.38. The number of hydrogen-bond acceptors (Lipinski definition) is 12. The fourth-order valence-corrected chi connectivity index (χ4v) is 8.58. The number of nitrogens with one attached hydrogen (secondary N) is 3. The van der Waals surface area contributed by atoms with Gasteiger partial charge in [0.15, 0.2) is 6.04 Å². The maximum Gasteiger partial charge on any atom is 0.408 e. The van der Waals surface area contributed by atoms with E-state index in [1.54, 1.807) is 45.0 Å². The first-order valence-electron chi connectivity index (χ1n) is 19.6. The monoisotopic (exact) mass is 845 g/mol. The van der Waals surface area contributed by atoms with E-state index >= 15 is 0 Å². The first kappa shape index (κ1) is 43.6. The van der Waals surface area contributed by atoms with Gasteiger partial charge in [-0.1, -0.05) is 43.0 Å². The molecule has 3 aliphatic rings. The van der Waals surface area contributed by atoms with E-state index in [9.17, 15) is 32.4 Å². The van der Waals surface area contributed by atoms with Gasteiger partial charge in [-0.2, -0.15) is 0 Å². The summed E-state index contributed by atoms with van der Waals surface area (Å²) >= 11 is 0. The Morgan fingerprint density at radius 2 is 1.68 bits per heavy atom. The number of likely N-dealkylation sites (tertiary alicyclic amines) is 1. The normalized spacial score (nSPS) is 21.8. The van der Waals surface area contributed by atoms with Crippen LogP contribution in [0.4, 0.5) is 4.79 Å². The van der Waals surface area contributed by atoms with E-state index in [0.29, 0.717) is 40.9 Å². The Morgan fingerprint density at radius 1 is 0.983 bits per heavy atom. The van der Waals surface area contributed by atoms with Crippen molar-refractivity contribution in [1.29, 1.82) is 0 Å². The number of benzene rings is 2. The number of methoxy groups -OCH3 is 1. The van der Waals surface area contributed by atoms with Gasteiger partial charge in [-0.3, -0.25) is 19.1 Å². The SMILES string of the molecule is C=CC(=O)OC(C)(C)[C@H](NC(=O)OC(C)(C)C)C(=O)N1C[C@H](Oc2cc(-c3ccccc3)nc3cc(OC)ccc23)CC1C(=O)N[C@]1(C(=O)NS(=O)(=O)C2CC2)C[C@H]1C=C. The molecule has 3 fully saturated rings. The number of aromatic nitrogens is 1. The molecule has 6 rings (SSSR count). The Hall–Kier alpha value is -5.97. The molecule has 3 aromatic rings. The van der Waals surface area contributed by atoms with Crippen LogP contribution in [0.1, 0.15) is 60.3 Å². The Morgan fingerprint density at radius 3 is 2.28 bits per heavy atom. The molecule has 0 spiro atoms. The largest absolute Gasteiger partial charge is 0.497 e. The first-order valence-corrected chi connectivity index (χ1v) is 21.1. The molecule has 1 unspecified atom stereocenters. The minimum Gasteiger partial charge on any atom is -0.497 e. The lowest BCUT2D eigenvalue weighted by Crippen LogP contribution is -2.63. The third kappa shape index (κ3) is 9.56. The van der Waals surface area contributed by atoms with Crippen LogP contribution in [0.3, 0.4) is 0 Å². The number of fused-ring (bicyclic) bond motifs is 1. The quantitative estimate of drug-likeness (QED) is 0.111. The molecular formula is C43H51N5O11S. The number of sulfonamides is 1. The standard InChI is InChI=1S/C43H51N5O11S/c1-9-26-23-43(26,39(52)47-60(54,55)29-17-18-29)46-37(50)33-21-28(24-48(33)38(51)36(42(6,7)58-35(49)10-2)45-40(53)59-41(3,4)5)57-34-22-31(25-14-12-11-13-15-25)44-32-20-27(56-8)16-19-30(32)34/h9-16,19-20,22,26,28-29,33,36H,1-2,17-18,21,23-24H2,3-8H3,(H,45,53)(H,46,50)(H,47,52)/t26-,28-,33?,36-,43-/m1/s1. The number of rotatable bonds is 15. The number of alkyl carbamates (subject to hydrolysis) is 1. The van der Waals surface area contributed by atoms with Gasteiger partial charge in [0.05, 0.1) is 30.1 Å². The minimum atomic E-state index is -3.98. The van der Waals surface area contributed by atoms with Gasteiger partial charge < -0.3 is 34.5 Å². The Labute approximate surface area is 349 Å². The molecule has 2 heterocycles. The van der Waals surface area contributed by atoms with Gasteiger partial charge in [0, 0.05) is 41.5 Å². The molecule has 2 saturated carbocycles. The lowest BCUT2D eigenvalue weighted by molar-refractivity contribution is -0.159. The van der Waals surface area contributed by atoms with Crippen molar-refractivity contribution in [2.45, 2.75) is 100 Å². The van der Waals surface area contributed by atoms with Gasteiger partial charge in [0.2, 0.25) is 21.8 Å². The van der Waals surface area contributed by atoms with E-state index in [2.05, 4.69) is 28.5 Å². The molecule has 0 bridgehead atoms. The van der Waals surface area contributed by atoms with E-state index in [1.165, 1.54) is 31.9 Å². The number of amides is 4. The Bertz CT molecular complexity index is 2320. The van der Waals surface area contributed by atoms with Crippen LogP contribution in [0.25, 0.3) is 22.2 Å². The van der Waals surface area contributed by atoms with Gasteiger partial charge in [-0.25, -0.2) is 23.0 Å². The molecule has 1 aromatic heterocycles. The lowest BCUT2D eigenvalue weighted by atomic mass is 9.96. The van der Waals surface area contributed by atoms with Crippen molar-refractivity contribution >= 4 is 50.7 Å². The summed E-state index contributed by atoms with van der Waals surface area (Å²) in [4.78, 5) is 74.9. The number of carbonyl (C=O) groups excluding carboxylic acids is 5. The van der Waals surface area contributed by atoms with Crippen LogP contribution in [0.15, 0.2) is 79.9 Å². The maximum absolute atomic E-state index is 14.9. The van der Waals surface area contributed by atoms with E-state index in [1.807, 2.05) is 30.3 Å². The highest BCUT2D eigenvalue weighted by Crippen LogP contribution is 2.46. The molecular weight excluding hydrogens is 795 g/mol. The zero-order valence-corrected chi connectivity index (χ0v) is 35.3. The smallest absolute Gasteiger partial charge is 0.408 e. The van der Waals surface area contributed by atoms with Crippen LogP contribution in [0.2, 0.25) is 0 Å². The molecule has 320 valence electrons. The Kier molecular flexibility index (Phi) is 12.1. The lowest BCUT2D eigenvalue weighted by Gasteiger charge is -2.37. The average Bonchev–Trinajstić information content (AvgIpc) is 4.12. The van der Waals surface area contributed by atoms with Crippen LogP contribution >= 0.6 is 0 Å². The summed E-state index contributed by atoms with van der Waals surface area (Å²) in [6, 6.07) is 13.5. The number of nitrogens with zero attached hydrogens (tertiary/aromatic N) is 2. The second kappa shape index (κ2) is 16.6. The van der Waals surface area contributed by atoms with Crippen LogP contribution in [-0.4, -0.2) is 102 Å². The number of esters is 1. The first-order chi connectivity index (χ1) is 28.2. The molecule has 2 aromatic carbocycles. The predicted molar refractivity (Wildman–Crippen MR) is 221 cm³/mol. The summed E-state index contributed by atoms with van der Waals surface area (Å²) in [5.41, 5.74) is -2.43. The summed E-state index contributed by atoms with van der Waals surface area (Å²) in [7, 11) is -2.44. The zero-order chi connectivity index (χ0) is 43.8. The molecule has 5 atom stereocenters. The van der Waals surface area contributed by atoms with Gasteiger partial charge in [-0.05, 0) is 66.0 Å². The van der Waals surface area contributed by atoms with Crippen molar-refractivity contribution < 1.29 is 51.3 Å². The maximum atomic E-state index is 14.9. The van der Waals surface area contributed by atoms with Gasteiger partial charge in [0.1, 0.15) is 40.4 Å². The average molecular weight is 846 g/mol. The second-order valence-corrected chi connectivity index (χ2v) is 18.7. The third-order valence-electron chi connectivity index (χ3n) is 10.6. The molecule has 1 saturated heterocycles. The third-order valence-corrected chi connectivity index (χ3v) is 12.4. The van der Waals surface area contributed by atoms with Gasteiger partial charge in [0.25, 0.3) is 5.91 Å². The van der Waals surface area contributed by atoms with Crippen molar-refractivity contribution in [3.8, 4) is 22.8 Å². The molecule has 16 nitrogen and oxygen atoms in total. The number of ether oxygens (including phenoxy) is 4. The molecule has 4 amide bonds. The number of hydrogen-bond donors (Lipinski definition) is 3. The molecule has 60 heavy (non-hydrogen) atoms. The van der Waals surface area contributed by atoms with Crippen molar-refractivity contribution in [3.05, 3.63) is 79.9 Å². The van der Waals surface area contributed by atoms with Crippen LogP contribution in [0, 0.1) is 5.92 Å². The zero-order valence-electron chi connectivity index (χ0n) is 34.5. The highest BCUT2D eigenvalue weighted by molar-refractivity contribution is 7.91. The number of pyridine rings is 1. The van der Waals surface area contributed by atoms with Gasteiger partial charge in [-0.15, -0.1) is 6.58 Å². The predicted octanol–water partition coefficient (Wildman–Crippen LogP) is 4.33. The summed E-state index contributed by atoms with van der Waals surface area (Å²) in [5, 5.41) is 5.21.